The van der Waals surface area contributed by atoms with Crippen LogP contribution in [0, 0.1) is 13.8 Å². The molecule has 0 atom stereocenters. The van der Waals surface area contributed by atoms with Crippen molar-refractivity contribution in [1.82, 2.24) is 0 Å². The lowest BCUT2D eigenvalue weighted by molar-refractivity contribution is -0.0437. The average Bonchev–Trinajstić information content (AvgIpc) is 2.65. The number of aliphatic hydroxyl groups is 1. The van der Waals surface area contributed by atoms with Crippen LogP contribution in [0.3, 0.4) is 0 Å². The molecule has 3 aliphatic rings. The first-order valence-electron chi connectivity index (χ1n) is 7.46. The van der Waals surface area contributed by atoms with Crippen molar-refractivity contribution in [2.24, 2.45) is 0 Å². The number of piperidine rings is 2. The van der Waals surface area contributed by atoms with Gasteiger partial charge in [0.05, 0.1) is 11.4 Å². The topological polar surface area (TPSA) is 35.5 Å². The van der Waals surface area contributed by atoms with E-state index in [0.717, 1.165) is 38.5 Å². The van der Waals surface area contributed by atoms with Crippen LogP contribution in [0.4, 0.5) is 11.4 Å². The van der Waals surface area contributed by atoms with Gasteiger partial charge in [0.15, 0.2) is 0 Å². The summed E-state index contributed by atoms with van der Waals surface area (Å²) in [7, 11) is 0. The summed E-state index contributed by atoms with van der Waals surface area (Å²) in [5.41, 5.74) is 4.41. The highest BCUT2D eigenvalue weighted by Gasteiger charge is 2.57. The summed E-state index contributed by atoms with van der Waals surface area (Å²) in [6.45, 7) is 4.32. The van der Waals surface area contributed by atoms with Crippen molar-refractivity contribution in [3.8, 4) is 0 Å². The van der Waals surface area contributed by atoms with Gasteiger partial charge in [-0.15, -0.1) is 0 Å². The molecule has 3 heterocycles. The van der Waals surface area contributed by atoms with Crippen molar-refractivity contribution in [3.05, 3.63) is 23.3 Å². The van der Waals surface area contributed by atoms with Gasteiger partial charge in [-0.25, -0.2) is 0 Å². The predicted octanol–water partition coefficient (Wildman–Crippen LogP) is 3.29. The molecule has 1 aromatic carbocycles. The molecule has 2 saturated heterocycles. The zero-order valence-corrected chi connectivity index (χ0v) is 11.8. The fourth-order valence-electron chi connectivity index (χ4n) is 4.40. The van der Waals surface area contributed by atoms with Crippen molar-refractivity contribution >= 4 is 11.4 Å². The van der Waals surface area contributed by atoms with Crippen molar-refractivity contribution < 1.29 is 5.11 Å². The average molecular weight is 258 g/mol. The molecule has 19 heavy (non-hydrogen) atoms. The van der Waals surface area contributed by atoms with Gasteiger partial charge in [-0.1, -0.05) is 0 Å². The van der Waals surface area contributed by atoms with E-state index in [1.807, 2.05) is 0 Å². The van der Waals surface area contributed by atoms with Gasteiger partial charge in [0.2, 0.25) is 0 Å². The Hall–Kier alpha value is -1.22. The van der Waals surface area contributed by atoms with Gasteiger partial charge in [0.25, 0.3) is 0 Å². The van der Waals surface area contributed by atoms with Gasteiger partial charge in [-0.2, -0.15) is 0 Å². The number of nitrogens with one attached hydrogen (secondary N) is 1. The standard InChI is InChI=1S/C16H22N2O/c1-11-9-13-14(10-12(11)2)18-15(17-13)5-3-7-16(18,19)8-4-6-15/h9-10,17,19H,3-8H2,1-2H3. The maximum Gasteiger partial charge on any atom is 0.139 e. The second-order valence-electron chi connectivity index (χ2n) is 6.64. The minimum Gasteiger partial charge on any atom is -0.371 e. The fourth-order valence-corrected chi connectivity index (χ4v) is 4.40. The number of anilines is 2. The van der Waals surface area contributed by atoms with Crippen LogP contribution in [0.15, 0.2) is 12.1 Å². The summed E-state index contributed by atoms with van der Waals surface area (Å²) in [6, 6.07) is 4.50. The molecule has 3 nitrogen and oxygen atoms in total. The summed E-state index contributed by atoms with van der Waals surface area (Å²) in [4.78, 5) is 2.31. The number of hydrogen-bond donors (Lipinski definition) is 2. The molecule has 1 aromatic rings. The molecule has 4 rings (SSSR count). The normalized spacial score (nSPS) is 35.6. The minimum absolute atomic E-state index is 0.0200. The van der Waals surface area contributed by atoms with E-state index >= 15 is 0 Å². The van der Waals surface area contributed by atoms with Crippen LogP contribution < -0.4 is 10.2 Å². The van der Waals surface area contributed by atoms with E-state index in [9.17, 15) is 5.11 Å². The first-order valence-corrected chi connectivity index (χ1v) is 7.46. The lowest BCUT2D eigenvalue weighted by Crippen LogP contribution is -2.67. The molecule has 2 bridgehead atoms. The number of rotatable bonds is 0. The summed E-state index contributed by atoms with van der Waals surface area (Å²) < 4.78 is 0. The SMILES string of the molecule is Cc1cc2c(cc1C)N1C3(O)CCCC1(CCC3)N2. The van der Waals surface area contributed by atoms with Crippen LogP contribution in [0.5, 0.6) is 0 Å². The largest absolute Gasteiger partial charge is 0.371 e. The smallest absolute Gasteiger partial charge is 0.139 e. The second kappa shape index (κ2) is 3.45. The molecule has 0 spiro atoms. The van der Waals surface area contributed by atoms with Gasteiger partial charge in [-0.05, 0) is 75.6 Å². The molecule has 0 radical (unpaired) electrons. The molecular formula is C16H22N2O. The molecule has 0 aliphatic carbocycles. The van der Waals surface area contributed by atoms with Gasteiger partial charge < -0.3 is 15.3 Å². The van der Waals surface area contributed by atoms with Crippen LogP contribution in [0.25, 0.3) is 0 Å². The first kappa shape index (κ1) is 11.6. The lowest BCUT2D eigenvalue weighted by atomic mass is 9.78. The minimum atomic E-state index is -0.629. The van der Waals surface area contributed by atoms with Crippen molar-refractivity contribution in [1.29, 1.82) is 0 Å². The zero-order valence-electron chi connectivity index (χ0n) is 11.8. The molecule has 0 unspecified atom stereocenters. The van der Waals surface area contributed by atoms with E-state index in [-0.39, 0.29) is 5.66 Å². The van der Waals surface area contributed by atoms with Crippen molar-refractivity contribution in [3.63, 3.8) is 0 Å². The molecule has 102 valence electrons. The third kappa shape index (κ3) is 1.37. The highest BCUT2D eigenvalue weighted by atomic mass is 16.3. The third-order valence-corrected chi connectivity index (χ3v) is 5.40. The first-order chi connectivity index (χ1) is 9.04. The molecule has 0 amide bonds. The summed E-state index contributed by atoms with van der Waals surface area (Å²) in [5, 5.41) is 14.8. The Morgan fingerprint density at radius 1 is 1.05 bits per heavy atom. The molecule has 0 saturated carbocycles. The van der Waals surface area contributed by atoms with Gasteiger partial charge >= 0.3 is 0 Å². The summed E-state index contributed by atoms with van der Waals surface area (Å²) in [6.07, 6.45) is 6.33. The number of nitrogens with zero attached hydrogens (tertiary/aromatic N) is 1. The van der Waals surface area contributed by atoms with Crippen LogP contribution in [-0.4, -0.2) is 16.5 Å². The van der Waals surface area contributed by atoms with E-state index in [0.29, 0.717) is 0 Å². The quantitative estimate of drug-likeness (QED) is 0.749. The molecular weight excluding hydrogens is 236 g/mol. The molecule has 0 aromatic heterocycles. The maximum atomic E-state index is 11.1. The van der Waals surface area contributed by atoms with Crippen LogP contribution in [-0.2, 0) is 0 Å². The number of aryl methyl sites for hydroxylation is 2. The number of benzene rings is 1. The van der Waals surface area contributed by atoms with Gasteiger partial charge in [0.1, 0.15) is 11.4 Å². The lowest BCUT2D eigenvalue weighted by Gasteiger charge is -2.56. The highest BCUT2D eigenvalue weighted by Crippen LogP contribution is 2.55. The Morgan fingerprint density at radius 3 is 2.37 bits per heavy atom. The molecule has 2 N–H and O–H groups in total. The van der Waals surface area contributed by atoms with E-state index < -0.39 is 5.72 Å². The Morgan fingerprint density at radius 2 is 1.68 bits per heavy atom. The van der Waals surface area contributed by atoms with Crippen LogP contribution >= 0.6 is 0 Å². The Balaban J connectivity index is 1.92. The van der Waals surface area contributed by atoms with Crippen molar-refractivity contribution in [2.45, 2.75) is 63.8 Å². The third-order valence-electron chi connectivity index (χ3n) is 5.40. The van der Waals surface area contributed by atoms with Gasteiger partial charge in [0, 0.05) is 0 Å². The summed E-state index contributed by atoms with van der Waals surface area (Å²) >= 11 is 0. The van der Waals surface area contributed by atoms with E-state index in [4.69, 9.17) is 0 Å². The monoisotopic (exact) mass is 258 g/mol. The Bertz CT molecular complexity index is 542. The number of fused-ring (bicyclic) bond motifs is 1. The van der Waals surface area contributed by atoms with Crippen molar-refractivity contribution in [2.75, 3.05) is 10.2 Å². The van der Waals surface area contributed by atoms with Crippen LogP contribution in [0.2, 0.25) is 0 Å². The van der Waals surface area contributed by atoms with E-state index in [1.165, 1.54) is 22.5 Å². The van der Waals surface area contributed by atoms with E-state index in [2.05, 4.69) is 36.2 Å². The second-order valence-corrected chi connectivity index (χ2v) is 6.64. The molecule has 2 fully saturated rings. The highest BCUT2D eigenvalue weighted by molar-refractivity contribution is 5.81. The Labute approximate surface area is 114 Å². The Kier molecular flexibility index (Phi) is 2.11. The maximum absolute atomic E-state index is 11.1. The fraction of sp³-hybridized carbons (Fsp3) is 0.625. The molecule has 3 aliphatic heterocycles. The van der Waals surface area contributed by atoms with E-state index in [1.54, 1.807) is 0 Å². The zero-order chi connectivity index (χ0) is 13.3. The molecule has 3 heteroatoms. The van der Waals surface area contributed by atoms with Crippen LogP contribution in [0.1, 0.15) is 49.7 Å². The number of hydrogen-bond acceptors (Lipinski definition) is 3. The summed E-state index contributed by atoms with van der Waals surface area (Å²) in [5.74, 6) is 0. The predicted molar refractivity (Wildman–Crippen MR) is 77.4 cm³/mol. The van der Waals surface area contributed by atoms with Gasteiger partial charge in [-0.3, -0.25) is 0 Å².